The van der Waals surface area contributed by atoms with Gasteiger partial charge in [-0.15, -0.1) is 0 Å². The van der Waals surface area contributed by atoms with E-state index in [9.17, 15) is 0 Å². The van der Waals surface area contributed by atoms with E-state index < -0.39 is 0 Å². The fraction of sp³-hybridized carbons (Fsp3) is 0.500. The van der Waals surface area contributed by atoms with Gasteiger partial charge in [0.25, 0.3) is 0 Å². The topological polar surface area (TPSA) is 0 Å². The fourth-order valence-corrected chi connectivity index (χ4v) is 5.53. The Bertz CT molecular complexity index is 246. The SMILES string of the molecule is SCC[Se]Cc1ccc(C[Se]CCS)cc1. The molecule has 0 aromatic heterocycles. The number of benzene rings is 1. The van der Waals surface area contributed by atoms with Crippen LogP contribution in [-0.4, -0.2) is 41.4 Å². The first-order valence-electron chi connectivity index (χ1n) is 5.32. The molecule has 16 heavy (non-hydrogen) atoms. The summed E-state index contributed by atoms with van der Waals surface area (Å²) in [6, 6.07) is 9.19. The molecule has 0 heterocycles. The molecule has 0 aliphatic carbocycles. The van der Waals surface area contributed by atoms with Crippen LogP contribution < -0.4 is 0 Å². The Morgan fingerprint density at radius 3 is 1.44 bits per heavy atom. The second-order valence-electron chi connectivity index (χ2n) is 3.37. The quantitative estimate of drug-likeness (QED) is 0.385. The molecular formula is C12H18S2Se2. The van der Waals surface area contributed by atoms with Crippen LogP contribution in [0.15, 0.2) is 24.3 Å². The van der Waals surface area contributed by atoms with Crippen LogP contribution in [0.2, 0.25) is 10.6 Å². The van der Waals surface area contributed by atoms with Gasteiger partial charge in [-0.1, -0.05) is 0 Å². The van der Waals surface area contributed by atoms with Crippen LogP contribution in [0.4, 0.5) is 0 Å². The van der Waals surface area contributed by atoms with Gasteiger partial charge >= 0.3 is 123 Å². The zero-order valence-corrected chi connectivity index (χ0v) is 14.5. The van der Waals surface area contributed by atoms with Crippen LogP contribution in [0, 0.1) is 0 Å². The van der Waals surface area contributed by atoms with Crippen LogP contribution in [0.5, 0.6) is 0 Å². The number of hydrogen-bond acceptors (Lipinski definition) is 2. The van der Waals surface area contributed by atoms with Crippen molar-refractivity contribution in [1.29, 1.82) is 0 Å². The second kappa shape index (κ2) is 9.94. The van der Waals surface area contributed by atoms with E-state index in [1.54, 1.807) is 0 Å². The molecular weight excluding hydrogens is 366 g/mol. The average Bonchev–Trinajstić information content (AvgIpc) is 2.32. The summed E-state index contributed by atoms with van der Waals surface area (Å²) in [6.07, 6.45) is 0. The summed E-state index contributed by atoms with van der Waals surface area (Å²) in [6.45, 7) is 0. The standard InChI is InChI=1S/C12H18S2Se2/c13-5-7-15-9-11-1-2-12(4-3-11)10-16-8-6-14/h1-4,13-14H,5-10H2. The van der Waals surface area contributed by atoms with E-state index in [1.807, 2.05) is 0 Å². The molecule has 0 N–H and O–H groups in total. The minimum absolute atomic E-state index is 0.735. The summed E-state index contributed by atoms with van der Waals surface area (Å²) in [5.74, 6) is 2.06. The van der Waals surface area contributed by atoms with Crippen LogP contribution in [0.3, 0.4) is 0 Å². The maximum absolute atomic E-state index is 4.24. The van der Waals surface area contributed by atoms with Crippen LogP contribution in [-0.2, 0) is 10.6 Å². The van der Waals surface area contributed by atoms with Crippen molar-refractivity contribution >= 4 is 55.2 Å². The van der Waals surface area contributed by atoms with Gasteiger partial charge in [-0.25, -0.2) is 0 Å². The van der Waals surface area contributed by atoms with Gasteiger partial charge < -0.3 is 0 Å². The van der Waals surface area contributed by atoms with E-state index in [1.165, 1.54) is 32.4 Å². The third-order valence-corrected chi connectivity index (χ3v) is 8.16. The molecule has 1 aromatic rings. The second-order valence-corrected chi connectivity index (χ2v) is 8.90. The molecule has 1 aromatic carbocycles. The Morgan fingerprint density at radius 1 is 0.750 bits per heavy atom. The Balaban J connectivity index is 2.30. The van der Waals surface area contributed by atoms with E-state index in [2.05, 4.69) is 49.5 Å². The fourth-order valence-electron chi connectivity index (χ4n) is 1.24. The first-order valence-corrected chi connectivity index (χ1v) is 11.4. The van der Waals surface area contributed by atoms with Crippen LogP contribution in [0.25, 0.3) is 0 Å². The predicted octanol–water partition coefficient (Wildman–Crippen LogP) is 2.79. The summed E-state index contributed by atoms with van der Waals surface area (Å²) >= 11 is 9.96. The first-order chi connectivity index (χ1) is 7.86. The van der Waals surface area contributed by atoms with Gasteiger partial charge in [-0.2, -0.15) is 0 Å². The third kappa shape index (κ3) is 6.64. The maximum atomic E-state index is 4.24. The van der Waals surface area contributed by atoms with E-state index in [-0.39, 0.29) is 0 Å². The number of hydrogen-bond donors (Lipinski definition) is 2. The summed E-state index contributed by atoms with van der Waals surface area (Å²) in [4.78, 5) is 0. The van der Waals surface area contributed by atoms with Crippen LogP contribution in [0.1, 0.15) is 11.1 Å². The van der Waals surface area contributed by atoms with Gasteiger partial charge in [0.1, 0.15) is 0 Å². The van der Waals surface area contributed by atoms with Gasteiger partial charge in [0.15, 0.2) is 0 Å². The molecule has 0 saturated carbocycles. The van der Waals surface area contributed by atoms with Gasteiger partial charge in [0.2, 0.25) is 0 Å². The molecule has 0 amide bonds. The van der Waals surface area contributed by atoms with Crippen molar-refractivity contribution in [1.82, 2.24) is 0 Å². The van der Waals surface area contributed by atoms with Crippen molar-refractivity contribution in [2.24, 2.45) is 0 Å². The van der Waals surface area contributed by atoms with Gasteiger partial charge in [0, 0.05) is 0 Å². The zero-order chi connectivity index (χ0) is 11.6. The molecule has 90 valence electrons. The number of rotatable bonds is 8. The monoisotopic (exact) mass is 386 g/mol. The van der Waals surface area contributed by atoms with Crippen molar-refractivity contribution in [3.05, 3.63) is 35.4 Å². The summed E-state index contributed by atoms with van der Waals surface area (Å²) in [5.41, 5.74) is 2.99. The predicted molar refractivity (Wildman–Crippen MR) is 82.7 cm³/mol. The van der Waals surface area contributed by atoms with Crippen molar-refractivity contribution in [3.8, 4) is 0 Å². The Morgan fingerprint density at radius 2 is 1.12 bits per heavy atom. The van der Waals surface area contributed by atoms with E-state index >= 15 is 0 Å². The van der Waals surface area contributed by atoms with E-state index in [0.29, 0.717) is 0 Å². The molecule has 0 aliphatic rings. The van der Waals surface area contributed by atoms with Crippen molar-refractivity contribution in [2.45, 2.75) is 21.3 Å². The van der Waals surface area contributed by atoms with Crippen LogP contribution >= 0.6 is 25.3 Å². The van der Waals surface area contributed by atoms with Gasteiger partial charge in [-0.05, 0) is 0 Å². The van der Waals surface area contributed by atoms with Crippen molar-refractivity contribution in [3.63, 3.8) is 0 Å². The molecule has 1 rings (SSSR count). The van der Waals surface area contributed by atoms with Gasteiger partial charge in [-0.3, -0.25) is 0 Å². The zero-order valence-electron chi connectivity index (χ0n) is 9.26. The molecule has 0 atom stereocenters. The summed E-state index contributed by atoms with van der Waals surface area (Å²) in [5, 5.41) is 5.08. The summed E-state index contributed by atoms with van der Waals surface area (Å²) in [7, 11) is 0. The third-order valence-electron chi connectivity index (χ3n) is 2.03. The first kappa shape index (κ1) is 15.0. The van der Waals surface area contributed by atoms with Crippen molar-refractivity contribution in [2.75, 3.05) is 11.5 Å². The van der Waals surface area contributed by atoms with Gasteiger partial charge in [0.05, 0.1) is 0 Å². The van der Waals surface area contributed by atoms with Crippen molar-refractivity contribution < 1.29 is 0 Å². The Hall–Kier alpha value is 0.959. The average molecular weight is 384 g/mol. The van der Waals surface area contributed by atoms with E-state index in [4.69, 9.17) is 0 Å². The number of thiol groups is 2. The Labute approximate surface area is 122 Å². The molecule has 0 aliphatic heterocycles. The van der Waals surface area contributed by atoms with E-state index in [0.717, 1.165) is 41.4 Å². The minimum atomic E-state index is 0.735. The molecule has 0 spiro atoms. The molecule has 0 radical (unpaired) electrons. The Kier molecular flexibility index (Phi) is 9.33. The molecule has 4 heteroatoms. The summed E-state index contributed by atoms with van der Waals surface area (Å²) < 4.78 is 0. The molecule has 0 saturated heterocycles. The molecule has 0 bridgehead atoms. The molecule has 0 nitrogen and oxygen atoms in total. The molecule has 0 unspecified atom stereocenters. The molecule has 0 fully saturated rings. The normalized spacial score (nSPS) is 10.6.